The summed E-state index contributed by atoms with van der Waals surface area (Å²) in [7, 11) is 0. The Labute approximate surface area is 178 Å². The summed E-state index contributed by atoms with van der Waals surface area (Å²) in [5.74, 6) is 1.70. The van der Waals surface area contributed by atoms with Gasteiger partial charge in [-0.05, 0) is 37.0 Å². The number of amides is 2. The number of benzene rings is 1. The van der Waals surface area contributed by atoms with Gasteiger partial charge in [-0.2, -0.15) is 0 Å². The molecular formula is C23H33N3O4. The van der Waals surface area contributed by atoms with Crippen molar-refractivity contribution in [1.82, 2.24) is 10.2 Å². The molecule has 30 heavy (non-hydrogen) atoms. The Kier molecular flexibility index (Phi) is 6.97. The normalized spacial score (nSPS) is 21.6. The van der Waals surface area contributed by atoms with E-state index >= 15 is 0 Å². The molecular weight excluding hydrogens is 382 g/mol. The van der Waals surface area contributed by atoms with Crippen LogP contribution in [0.15, 0.2) is 24.3 Å². The molecule has 1 unspecified atom stereocenters. The minimum absolute atomic E-state index is 0.0464. The lowest BCUT2D eigenvalue weighted by atomic mass is 9.86. The van der Waals surface area contributed by atoms with Crippen LogP contribution in [0.1, 0.15) is 58.2 Å². The number of rotatable bonds is 5. The Balaban J connectivity index is 2.26. The number of nitrogens with one attached hydrogen (secondary N) is 1. The largest absolute Gasteiger partial charge is 0.391 e. The molecule has 0 bridgehead atoms. The Bertz CT molecular complexity index is 815. The minimum Gasteiger partial charge on any atom is -0.391 e. The lowest BCUT2D eigenvalue weighted by Gasteiger charge is -2.35. The molecule has 0 saturated carbocycles. The standard InChI is InChI=1S/C23H33N3O4/c1-7-14-8-10-15(11-9-14)19(23(5,6)30)25-20(28)17-12-16(27)13-26(17)21(29)18(24)22(2,3)4/h1,8-11,16-19,27,30H,12-13,24H2,2-6H3,(H,25,28)/t16-,17+,18?,19-/m1/s1. The van der Waals surface area contributed by atoms with Gasteiger partial charge < -0.3 is 26.2 Å². The molecule has 1 aromatic rings. The van der Waals surface area contributed by atoms with Crippen LogP contribution in [-0.4, -0.2) is 57.3 Å². The number of hydrogen-bond acceptors (Lipinski definition) is 5. The number of nitrogens with zero attached hydrogens (tertiary/aromatic N) is 1. The van der Waals surface area contributed by atoms with Crippen molar-refractivity contribution in [3.63, 3.8) is 0 Å². The van der Waals surface area contributed by atoms with Crippen LogP contribution in [0.4, 0.5) is 0 Å². The van der Waals surface area contributed by atoms with E-state index in [0.29, 0.717) is 11.1 Å². The number of β-amino-alcohol motifs (C(OH)–C–C–N with tert-alkyl or cyclic N) is 1. The molecule has 1 aromatic carbocycles. The molecule has 5 N–H and O–H groups in total. The van der Waals surface area contributed by atoms with Crippen molar-refractivity contribution >= 4 is 11.8 Å². The Morgan fingerprint density at radius 2 is 1.80 bits per heavy atom. The number of carbonyl (C=O) groups is 2. The van der Waals surface area contributed by atoms with Crippen molar-refractivity contribution in [2.45, 2.75) is 70.9 Å². The maximum Gasteiger partial charge on any atom is 0.243 e. The Hall–Kier alpha value is -2.40. The summed E-state index contributed by atoms with van der Waals surface area (Å²) in [6.07, 6.45) is 4.70. The number of likely N-dealkylation sites (tertiary alicyclic amines) is 1. The summed E-state index contributed by atoms with van der Waals surface area (Å²) in [4.78, 5) is 27.4. The predicted octanol–water partition coefficient (Wildman–Crippen LogP) is 0.931. The Morgan fingerprint density at radius 3 is 2.27 bits per heavy atom. The second kappa shape index (κ2) is 8.76. The number of aliphatic hydroxyl groups excluding tert-OH is 1. The van der Waals surface area contributed by atoms with Crippen LogP contribution in [0.5, 0.6) is 0 Å². The first-order valence-electron chi connectivity index (χ1n) is 10.1. The summed E-state index contributed by atoms with van der Waals surface area (Å²) in [5.41, 5.74) is 5.71. The molecule has 7 nitrogen and oxygen atoms in total. The molecule has 1 aliphatic rings. The number of carbonyl (C=O) groups excluding carboxylic acids is 2. The van der Waals surface area contributed by atoms with Gasteiger partial charge in [-0.3, -0.25) is 9.59 Å². The highest BCUT2D eigenvalue weighted by Crippen LogP contribution is 2.29. The van der Waals surface area contributed by atoms with E-state index in [-0.39, 0.29) is 18.9 Å². The molecule has 164 valence electrons. The number of hydrogen-bond donors (Lipinski definition) is 4. The fourth-order valence-corrected chi connectivity index (χ4v) is 3.53. The van der Waals surface area contributed by atoms with E-state index in [9.17, 15) is 19.8 Å². The summed E-state index contributed by atoms with van der Waals surface area (Å²) in [6, 6.07) is 4.56. The van der Waals surface area contributed by atoms with Crippen LogP contribution >= 0.6 is 0 Å². The maximum absolute atomic E-state index is 13.1. The molecule has 0 aliphatic carbocycles. The summed E-state index contributed by atoms with van der Waals surface area (Å²) in [6.45, 7) is 8.78. The molecule has 1 heterocycles. The van der Waals surface area contributed by atoms with Crippen LogP contribution in [0.2, 0.25) is 0 Å². The molecule has 7 heteroatoms. The zero-order valence-corrected chi connectivity index (χ0v) is 18.3. The monoisotopic (exact) mass is 415 g/mol. The number of terminal acetylenes is 1. The van der Waals surface area contributed by atoms with Gasteiger partial charge in [-0.25, -0.2) is 0 Å². The highest BCUT2D eigenvalue weighted by Gasteiger charge is 2.44. The van der Waals surface area contributed by atoms with Crippen LogP contribution in [-0.2, 0) is 9.59 Å². The maximum atomic E-state index is 13.1. The van der Waals surface area contributed by atoms with E-state index < -0.39 is 41.2 Å². The van der Waals surface area contributed by atoms with E-state index in [2.05, 4.69) is 11.2 Å². The third-order valence-electron chi connectivity index (χ3n) is 5.47. The fraction of sp³-hybridized carbons (Fsp3) is 0.565. The first-order valence-corrected chi connectivity index (χ1v) is 10.1. The molecule has 0 spiro atoms. The molecule has 2 rings (SSSR count). The highest BCUT2D eigenvalue weighted by molar-refractivity contribution is 5.91. The molecule has 1 aliphatic heterocycles. The van der Waals surface area contributed by atoms with Crippen molar-refractivity contribution in [3.8, 4) is 12.3 Å². The van der Waals surface area contributed by atoms with Crippen LogP contribution in [0.25, 0.3) is 0 Å². The Morgan fingerprint density at radius 1 is 1.23 bits per heavy atom. The topological polar surface area (TPSA) is 116 Å². The van der Waals surface area contributed by atoms with Crippen molar-refractivity contribution < 1.29 is 19.8 Å². The van der Waals surface area contributed by atoms with E-state index in [1.54, 1.807) is 38.1 Å². The molecule has 2 amide bonds. The van der Waals surface area contributed by atoms with Crippen LogP contribution < -0.4 is 11.1 Å². The van der Waals surface area contributed by atoms with Crippen molar-refractivity contribution in [2.24, 2.45) is 11.1 Å². The fourth-order valence-electron chi connectivity index (χ4n) is 3.53. The lowest BCUT2D eigenvalue weighted by Crippen LogP contribution is -2.56. The zero-order valence-electron chi connectivity index (χ0n) is 18.3. The zero-order chi connectivity index (χ0) is 22.9. The average Bonchev–Trinajstić information content (AvgIpc) is 3.05. The first-order chi connectivity index (χ1) is 13.8. The SMILES string of the molecule is C#Cc1ccc([C@@H](NC(=O)[C@@H]2C[C@@H](O)CN2C(=O)C(N)C(C)(C)C)C(C)(C)O)cc1. The van der Waals surface area contributed by atoms with Crippen molar-refractivity contribution in [1.29, 1.82) is 0 Å². The van der Waals surface area contributed by atoms with Crippen molar-refractivity contribution in [3.05, 3.63) is 35.4 Å². The predicted molar refractivity (Wildman–Crippen MR) is 115 cm³/mol. The van der Waals surface area contributed by atoms with Gasteiger partial charge >= 0.3 is 0 Å². The van der Waals surface area contributed by atoms with E-state index in [1.165, 1.54) is 4.90 Å². The van der Waals surface area contributed by atoms with Gasteiger partial charge in [0.1, 0.15) is 6.04 Å². The third-order valence-corrected chi connectivity index (χ3v) is 5.47. The van der Waals surface area contributed by atoms with E-state index in [1.807, 2.05) is 20.8 Å². The average molecular weight is 416 g/mol. The molecule has 1 fully saturated rings. The summed E-state index contributed by atoms with van der Waals surface area (Å²) < 4.78 is 0. The van der Waals surface area contributed by atoms with Crippen molar-refractivity contribution in [2.75, 3.05) is 6.54 Å². The molecule has 0 radical (unpaired) electrons. The minimum atomic E-state index is -1.28. The van der Waals surface area contributed by atoms with Gasteiger partial charge in [0.2, 0.25) is 11.8 Å². The first kappa shape index (κ1) is 23.9. The van der Waals surface area contributed by atoms with Gasteiger partial charge in [0, 0.05) is 18.5 Å². The molecule has 1 saturated heterocycles. The lowest BCUT2D eigenvalue weighted by molar-refractivity contribution is -0.142. The van der Waals surface area contributed by atoms with Gasteiger partial charge in [-0.1, -0.05) is 38.8 Å². The molecule has 4 atom stereocenters. The van der Waals surface area contributed by atoms with Crippen LogP contribution in [0.3, 0.4) is 0 Å². The van der Waals surface area contributed by atoms with Gasteiger partial charge in [0.05, 0.1) is 23.8 Å². The number of nitrogens with two attached hydrogens (primary N) is 1. The van der Waals surface area contributed by atoms with E-state index in [0.717, 1.165) is 0 Å². The van der Waals surface area contributed by atoms with Gasteiger partial charge in [-0.15, -0.1) is 6.42 Å². The number of aliphatic hydroxyl groups is 2. The third kappa shape index (κ3) is 5.39. The second-order valence-corrected chi connectivity index (χ2v) is 9.60. The molecule has 0 aromatic heterocycles. The smallest absolute Gasteiger partial charge is 0.243 e. The van der Waals surface area contributed by atoms with Gasteiger partial charge in [0.25, 0.3) is 0 Å². The van der Waals surface area contributed by atoms with Gasteiger partial charge in [0.15, 0.2) is 0 Å². The summed E-state index contributed by atoms with van der Waals surface area (Å²) in [5, 5.41) is 23.7. The quantitative estimate of drug-likeness (QED) is 0.534. The van der Waals surface area contributed by atoms with Crippen LogP contribution in [0, 0.1) is 17.8 Å². The summed E-state index contributed by atoms with van der Waals surface area (Å²) >= 11 is 0. The second-order valence-electron chi connectivity index (χ2n) is 9.60. The highest BCUT2D eigenvalue weighted by atomic mass is 16.3. The van der Waals surface area contributed by atoms with E-state index in [4.69, 9.17) is 12.2 Å².